The summed E-state index contributed by atoms with van der Waals surface area (Å²) in [4.78, 5) is 14.1. The number of nitrogen functional groups attached to an aromatic ring is 1. The Kier molecular flexibility index (Phi) is 5.45. The van der Waals surface area contributed by atoms with Gasteiger partial charge in [0.15, 0.2) is 0 Å². The highest BCUT2D eigenvalue weighted by Gasteiger charge is 2.24. The van der Waals surface area contributed by atoms with E-state index in [1.54, 1.807) is 18.2 Å². The molecule has 0 radical (unpaired) electrons. The molecule has 6 heteroatoms. The van der Waals surface area contributed by atoms with Crippen LogP contribution in [0.1, 0.15) is 19.8 Å². The topological polar surface area (TPSA) is 78.6 Å². The van der Waals surface area contributed by atoms with E-state index in [2.05, 4.69) is 17.1 Å². The number of hydrogen-bond donors (Lipinski definition) is 3. The SMILES string of the molecule is CC1CCN(CCC(=O)Nc2ccc(N)cc2Cl)CC1O. The Balaban J connectivity index is 1.80. The molecule has 2 atom stereocenters. The smallest absolute Gasteiger partial charge is 0.225 e. The van der Waals surface area contributed by atoms with Crippen molar-refractivity contribution in [1.82, 2.24) is 4.90 Å². The first-order valence-corrected chi connectivity index (χ1v) is 7.59. The number of likely N-dealkylation sites (tertiary alicyclic amines) is 1. The lowest BCUT2D eigenvalue weighted by molar-refractivity contribution is -0.116. The summed E-state index contributed by atoms with van der Waals surface area (Å²) >= 11 is 6.02. The predicted octanol–water partition coefficient (Wildman–Crippen LogP) is 1.95. The van der Waals surface area contributed by atoms with Gasteiger partial charge >= 0.3 is 0 Å². The number of nitrogens with two attached hydrogens (primary N) is 1. The van der Waals surface area contributed by atoms with Crippen LogP contribution < -0.4 is 11.1 Å². The molecular formula is C15H22ClN3O2. The minimum atomic E-state index is -0.298. The molecule has 1 aliphatic heterocycles. The number of β-amino-alcohol motifs (C(OH)–C–C–N with tert-alkyl or cyclic N) is 1. The molecule has 0 saturated carbocycles. The Morgan fingerprint density at radius 2 is 2.33 bits per heavy atom. The molecule has 4 N–H and O–H groups in total. The normalized spacial score (nSPS) is 23.0. The van der Waals surface area contributed by atoms with Gasteiger partial charge in [0.05, 0.1) is 16.8 Å². The lowest BCUT2D eigenvalue weighted by atomic mass is 9.96. The van der Waals surface area contributed by atoms with E-state index in [9.17, 15) is 9.90 Å². The molecule has 21 heavy (non-hydrogen) atoms. The number of anilines is 2. The highest BCUT2D eigenvalue weighted by Crippen LogP contribution is 2.24. The Labute approximate surface area is 130 Å². The molecule has 1 fully saturated rings. The van der Waals surface area contributed by atoms with E-state index in [4.69, 9.17) is 17.3 Å². The largest absolute Gasteiger partial charge is 0.399 e. The quantitative estimate of drug-likeness (QED) is 0.743. The Bertz CT molecular complexity index is 510. The molecule has 1 aliphatic rings. The van der Waals surface area contributed by atoms with Crippen LogP contribution in [0.4, 0.5) is 11.4 Å². The van der Waals surface area contributed by atoms with Crippen molar-refractivity contribution in [2.45, 2.75) is 25.9 Å². The molecule has 1 saturated heterocycles. The third-order valence-corrected chi connectivity index (χ3v) is 4.24. The summed E-state index contributed by atoms with van der Waals surface area (Å²) in [5.74, 6) is 0.249. The van der Waals surface area contributed by atoms with E-state index < -0.39 is 0 Å². The lowest BCUT2D eigenvalue weighted by Crippen LogP contribution is -2.43. The first-order valence-electron chi connectivity index (χ1n) is 7.21. The van der Waals surface area contributed by atoms with Crippen LogP contribution >= 0.6 is 11.6 Å². The highest BCUT2D eigenvalue weighted by molar-refractivity contribution is 6.34. The summed E-state index contributed by atoms with van der Waals surface area (Å²) < 4.78 is 0. The number of halogens is 1. The summed E-state index contributed by atoms with van der Waals surface area (Å²) in [7, 11) is 0. The highest BCUT2D eigenvalue weighted by atomic mass is 35.5. The van der Waals surface area contributed by atoms with Crippen molar-refractivity contribution in [1.29, 1.82) is 0 Å². The van der Waals surface area contributed by atoms with Crippen LogP contribution in [0.5, 0.6) is 0 Å². The number of amides is 1. The molecule has 2 rings (SSSR count). The third kappa shape index (κ3) is 4.59. The van der Waals surface area contributed by atoms with E-state index >= 15 is 0 Å². The third-order valence-electron chi connectivity index (χ3n) is 3.93. The molecule has 5 nitrogen and oxygen atoms in total. The molecule has 0 bridgehead atoms. The van der Waals surface area contributed by atoms with E-state index in [1.807, 2.05) is 0 Å². The molecule has 116 valence electrons. The van der Waals surface area contributed by atoms with Crippen LogP contribution in [0.25, 0.3) is 0 Å². The monoisotopic (exact) mass is 311 g/mol. The van der Waals surface area contributed by atoms with Gasteiger partial charge in [0.2, 0.25) is 5.91 Å². The van der Waals surface area contributed by atoms with Gasteiger partial charge in [0.25, 0.3) is 0 Å². The van der Waals surface area contributed by atoms with Crippen molar-refractivity contribution in [3.63, 3.8) is 0 Å². The van der Waals surface area contributed by atoms with Gasteiger partial charge in [-0.1, -0.05) is 18.5 Å². The molecule has 0 aliphatic carbocycles. The molecular weight excluding hydrogens is 290 g/mol. The molecule has 0 aromatic heterocycles. The number of carbonyl (C=O) groups is 1. The van der Waals surface area contributed by atoms with Crippen LogP contribution in [0.2, 0.25) is 5.02 Å². The van der Waals surface area contributed by atoms with E-state index in [0.717, 1.165) is 13.0 Å². The van der Waals surface area contributed by atoms with Crippen LogP contribution in [0.3, 0.4) is 0 Å². The van der Waals surface area contributed by atoms with Gasteiger partial charge in [0, 0.05) is 25.2 Å². The Morgan fingerprint density at radius 3 is 3.00 bits per heavy atom. The number of nitrogens with zero attached hydrogens (tertiary/aromatic N) is 1. The minimum Gasteiger partial charge on any atom is -0.399 e. The van der Waals surface area contributed by atoms with Crippen molar-refractivity contribution in [2.75, 3.05) is 30.7 Å². The fourth-order valence-corrected chi connectivity index (χ4v) is 2.66. The maximum atomic E-state index is 11.9. The predicted molar refractivity (Wildman–Crippen MR) is 85.3 cm³/mol. The summed E-state index contributed by atoms with van der Waals surface area (Å²) in [5, 5.41) is 13.1. The zero-order valence-corrected chi connectivity index (χ0v) is 12.9. The van der Waals surface area contributed by atoms with Gasteiger partial charge in [-0.05, 0) is 37.1 Å². The number of benzene rings is 1. The van der Waals surface area contributed by atoms with E-state index in [-0.39, 0.29) is 12.0 Å². The second-order valence-electron chi connectivity index (χ2n) is 5.67. The molecule has 0 spiro atoms. The first kappa shape index (κ1) is 16.1. The van der Waals surface area contributed by atoms with Crippen LogP contribution in [0, 0.1) is 5.92 Å². The summed E-state index contributed by atoms with van der Waals surface area (Å²) in [5.41, 5.74) is 6.75. The van der Waals surface area contributed by atoms with Gasteiger partial charge in [0.1, 0.15) is 0 Å². The number of nitrogens with one attached hydrogen (secondary N) is 1. The van der Waals surface area contributed by atoms with Gasteiger partial charge in [-0.2, -0.15) is 0 Å². The van der Waals surface area contributed by atoms with Crippen molar-refractivity contribution in [2.24, 2.45) is 5.92 Å². The summed E-state index contributed by atoms with van der Waals surface area (Å²) in [6.07, 6.45) is 1.04. The van der Waals surface area contributed by atoms with Crippen molar-refractivity contribution >= 4 is 28.9 Å². The van der Waals surface area contributed by atoms with E-state index in [1.165, 1.54) is 0 Å². The average Bonchev–Trinajstić information content (AvgIpc) is 2.43. The molecule has 1 aromatic carbocycles. The van der Waals surface area contributed by atoms with Gasteiger partial charge in [-0.3, -0.25) is 4.79 Å². The van der Waals surface area contributed by atoms with Crippen LogP contribution in [-0.2, 0) is 4.79 Å². The Hall–Kier alpha value is -1.30. The number of rotatable bonds is 4. The van der Waals surface area contributed by atoms with Gasteiger partial charge < -0.3 is 21.1 Å². The van der Waals surface area contributed by atoms with Crippen LogP contribution in [0.15, 0.2) is 18.2 Å². The second-order valence-corrected chi connectivity index (χ2v) is 6.08. The number of carbonyl (C=O) groups excluding carboxylic acids is 1. The molecule has 1 amide bonds. The fraction of sp³-hybridized carbons (Fsp3) is 0.533. The van der Waals surface area contributed by atoms with Gasteiger partial charge in [-0.25, -0.2) is 0 Å². The number of aliphatic hydroxyl groups excluding tert-OH is 1. The average molecular weight is 312 g/mol. The minimum absolute atomic E-state index is 0.0882. The van der Waals surface area contributed by atoms with E-state index in [0.29, 0.717) is 41.8 Å². The van der Waals surface area contributed by atoms with Crippen LogP contribution in [-0.4, -0.2) is 41.7 Å². The van der Waals surface area contributed by atoms with Crippen molar-refractivity contribution in [3.05, 3.63) is 23.2 Å². The molecule has 2 unspecified atom stereocenters. The second kappa shape index (κ2) is 7.11. The standard InChI is InChI=1S/C15H22ClN3O2/c1-10-4-6-19(9-14(10)20)7-5-15(21)18-13-3-2-11(17)8-12(13)16/h2-3,8,10,14,20H,4-7,9,17H2,1H3,(H,18,21). The zero-order valence-electron chi connectivity index (χ0n) is 12.2. The van der Waals surface area contributed by atoms with Crippen molar-refractivity contribution in [3.8, 4) is 0 Å². The zero-order chi connectivity index (χ0) is 15.4. The van der Waals surface area contributed by atoms with Gasteiger partial charge in [-0.15, -0.1) is 0 Å². The molecule has 1 aromatic rings. The fourth-order valence-electron chi connectivity index (χ4n) is 2.42. The summed E-state index contributed by atoms with van der Waals surface area (Å²) in [6, 6.07) is 5.01. The molecule has 1 heterocycles. The number of hydrogen-bond acceptors (Lipinski definition) is 4. The Morgan fingerprint density at radius 1 is 1.57 bits per heavy atom. The lowest BCUT2D eigenvalue weighted by Gasteiger charge is -2.34. The maximum absolute atomic E-state index is 11.9. The summed E-state index contributed by atoms with van der Waals surface area (Å²) in [6.45, 7) is 4.26. The number of aliphatic hydroxyl groups is 1. The maximum Gasteiger partial charge on any atom is 0.225 e. The first-order chi connectivity index (χ1) is 9.95. The van der Waals surface area contributed by atoms with Crippen molar-refractivity contribution < 1.29 is 9.90 Å². The number of piperidine rings is 1.